The van der Waals surface area contributed by atoms with Gasteiger partial charge in [0, 0.05) is 33.4 Å². The highest BCUT2D eigenvalue weighted by molar-refractivity contribution is 5.79. The third kappa shape index (κ3) is 3.82. The van der Waals surface area contributed by atoms with Crippen LogP contribution in [0.1, 0.15) is 29.9 Å². The van der Waals surface area contributed by atoms with Crippen LogP contribution in [0, 0.1) is 11.8 Å². The van der Waals surface area contributed by atoms with Crippen LogP contribution in [0.25, 0.3) is 0 Å². The number of nitrogens with one attached hydrogen (secondary N) is 2. The molecule has 2 aliphatic carbocycles. The number of ether oxygens (including phenoxy) is 2. The first-order valence-corrected chi connectivity index (χ1v) is 9.58. The van der Waals surface area contributed by atoms with Crippen molar-refractivity contribution in [3.63, 3.8) is 0 Å². The van der Waals surface area contributed by atoms with Crippen molar-refractivity contribution in [1.82, 2.24) is 10.6 Å². The largest absolute Gasteiger partial charge is 0.379 e. The highest BCUT2D eigenvalue weighted by Gasteiger charge is 2.54. The predicted molar refractivity (Wildman–Crippen MR) is 99.0 cm³/mol. The van der Waals surface area contributed by atoms with Gasteiger partial charge in [-0.1, -0.05) is 24.3 Å². The topological polar surface area (TPSA) is 54.9 Å². The Labute approximate surface area is 150 Å². The second-order valence-corrected chi connectivity index (χ2v) is 7.35. The number of aliphatic imine (C=N–C) groups is 1. The minimum absolute atomic E-state index is 0.301. The molecule has 0 amide bonds. The van der Waals surface area contributed by atoms with Crippen LogP contribution in [0.15, 0.2) is 29.3 Å². The van der Waals surface area contributed by atoms with E-state index in [0.717, 1.165) is 69.5 Å². The number of benzene rings is 1. The Balaban J connectivity index is 1.12. The Hall–Kier alpha value is -1.59. The molecule has 0 radical (unpaired) electrons. The third-order valence-corrected chi connectivity index (χ3v) is 5.79. The fourth-order valence-corrected chi connectivity index (χ4v) is 4.37. The van der Waals surface area contributed by atoms with Crippen molar-refractivity contribution in [2.24, 2.45) is 16.8 Å². The second kappa shape index (κ2) is 7.75. The molecule has 0 aromatic heterocycles. The zero-order valence-electron chi connectivity index (χ0n) is 15.0. The molecule has 0 bridgehead atoms. The second-order valence-electron chi connectivity index (χ2n) is 7.35. The monoisotopic (exact) mass is 343 g/mol. The van der Waals surface area contributed by atoms with Gasteiger partial charge in [-0.05, 0) is 48.1 Å². The molecular weight excluding hydrogens is 314 g/mol. The normalized spacial score (nSPS) is 30.0. The maximum atomic E-state index is 5.78. The summed E-state index contributed by atoms with van der Waals surface area (Å²) in [6.07, 6.45) is 3.57. The molecule has 136 valence electrons. The molecule has 4 unspecified atom stereocenters. The smallest absolute Gasteiger partial charge is 0.190 e. The van der Waals surface area contributed by atoms with Crippen molar-refractivity contribution >= 4 is 5.96 Å². The Kier molecular flexibility index (Phi) is 5.22. The van der Waals surface area contributed by atoms with Crippen LogP contribution in [0.5, 0.6) is 0 Å². The molecule has 1 aromatic rings. The SMILES string of the molecule is CN=C(NCCCOC1CCOC1)NCC1C2Cc3ccccc3C12. The molecule has 1 aliphatic heterocycles. The Bertz CT molecular complexity index is 613. The maximum Gasteiger partial charge on any atom is 0.190 e. The fourth-order valence-electron chi connectivity index (χ4n) is 4.37. The van der Waals surface area contributed by atoms with Crippen molar-refractivity contribution in [1.29, 1.82) is 0 Å². The van der Waals surface area contributed by atoms with Crippen LogP contribution in [-0.4, -0.2) is 52.0 Å². The van der Waals surface area contributed by atoms with Gasteiger partial charge in [-0.3, -0.25) is 4.99 Å². The molecule has 25 heavy (non-hydrogen) atoms. The Morgan fingerprint density at radius 1 is 1.32 bits per heavy atom. The summed E-state index contributed by atoms with van der Waals surface area (Å²) >= 11 is 0. The molecule has 5 nitrogen and oxygen atoms in total. The molecule has 1 saturated carbocycles. The van der Waals surface area contributed by atoms with E-state index in [4.69, 9.17) is 9.47 Å². The maximum absolute atomic E-state index is 5.78. The Morgan fingerprint density at radius 3 is 3.08 bits per heavy atom. The fraction of sp³-hybridized carbons (Fsp3) is 0.650. The van der Waals surface area contributed by atoms with Crippen molar-refractivity contribution < 1.29 is 9.47 Å². The highest BCUT2D eigenvalue weighted by Crippen LogP contribution is 2.60. The van der Waals surface area contributed by atoms with Crippen LogP contribution in [-0.2, 0) is 15.9 Å². The molecule has 3 aliphatic rings. The Morgan fingerprint density at radius 2 is 2.24 bits per heavy atom. The van der Waals surface area contributed by atoms with E-state index in [-0.39, 0.29) is 0 Å². The average Bonchev–Trinajstić information content (AvgIpc) is 3.01. The van der Waals surface area contributed by atoms with Crippen molar-refractivity contribution in [2.45, 2.75) is 31.3 Å². The van der Waals surface area contributed by atoms with Gasteiger partial charge in [0.05, 0.1) is 12.7 Å². The van der Waals surface area contributed by atoms with E-state index < -0.39 is 0 Å². The summed E-state index contributed by atoms with van der Waals surface area (Å²) < 4.78 is 11.1. The van der Waals surface area contributed by atoms with Crippen molar-refractivity contribution in [3.05, 3.63) is 35.4 Å². The quantitative estimate of drug-likeness (QED) is 0.451. The first kappa shape index (κ1) is 16.9. The minimum atomic E-state index is 0.301. The van der Waals surface area contributed by atoms with Crippen LogP contribution >= 0.6 is 0 Å². The summed E-state index contributed by atoms with van der Waals surface area (Å²) in [6, 6.07) is 8.92. The van der Waals surface area contributed by atoms with Crippen LogP contribution in [0.2, 0.25) is 0 Å². The molecule has 5 heteroatoms. The number of rotatable bonds is 7. The standard InChI is InChI=1S/C20H29N3O2/c1-21-20(22-8-4-9-25-15-7-10-24-13-15)23-12-18-17-11-14-5-2-3-6-16(14)19(17)18/h2-3,5-6,15,17-19H,4,7-13H2,1H3,(H2,21,22,23). The van der Waals surface area contributed by atoms with Gasteiger partial charge in [0.1, 0.15) is 0 Å². The summed E-state index contributed by atoms with van der Waals surface area (Å²) in [5, 5.41) is 6.89. The molecule has 4 atom stereocenters. The first-order valence-electron chi connectivity index (χ1n) is 9.58. The summed E-state index contributed by atoms with van der Waals surface area (Å²) in [5.41, 5.74) is 3.14. The van der Waals surface area contributed by atoms with Crippen molar-refractivity contribution in [3.8, 4) is 0 Å². The molecule has 1 aromatic carbocycles. The van der Waals surface area contributed by atoms with Crippen LogP contribution < -0.4 is 10.6 Å². The van der Waals surface area contributed by atoms with E-state index >= 15 is 0 Å². The lowest BCUT2D eigenvalue weighted by Gasteiger charge is -2.14. The number of nitrogens with zero attached hydrogens (tertiary/aromatic N) is 1. The van der Waals surface area contributed by atoms with Gasteiger partial charge >= 0.3 is 0 Å². The van der Waals surface area contributed by atoms with Gasteiger partial charge in [0.2, 0.25) is 0 Å². The van der Waals surface area contributed by atoms with Gasteiger partial charge in [-0.25, -0.2) is 0 Å². The summed E-state index contributed by atoms with van der Waals surface area (Å²) in [7, 11) is 1.84. The van der Waals surface area contributed by atoms with E-state index in [1.54, 1.807) is 11.1 Å². The third-order valence-electron chi connectivity index (χ3n) is 5.79. The lowest BCUT2D eigenvalue weighted by Crippen LogP contribution is -2.39. The average molecular weight is 343 g/mol. The van der Waals surface area contributed by atoms with Gasteiger partial charge < -0.3 is 20.1 Å². The molecule has 2 fully saturated rings. The zero-order chi connectivity index (χ0) is 17.1. The minimum Gasteiger partial charge on any atom is -0.379 e. The van der Waals surface area contributed by atoms with E-state index in [1.807, 2.05) is 7.05 Å². The lowest BCUT2D eigenvalue weighted by atomic mass is 10.0. The molecule has 1 saturated heterocycles. The summed E-state index contributed by atoms with van der Waals surface area (Å²) in [6.45, 7) is 4.27. The van der Waals surface area contributed by atoms with E-state index in [9.17, 15) is 0 Å². The summed E-state index contributed by atoms with van der Waals surface area (Å²) in [5.74, 6) is 3.27. The van der Waals surface area contributed by atoms with Gasteiger partial charge in [-0.15, -0.1) is 0 Å². The number of fused-ring (bicyclic) bond motifs is 3. The molecule has 4 rings (SSSR count). The zero-order valence-corrected chi connectivity index (χ0v) is 15.0. The number of hydrogen-bond donors (Lipinski definition) is 2. The van der Waals surface area contributed by atoms with E-state index in [2.05, 4.69) is 39.9 Å². The van der Waals surface area contributed by atoms with Crippen LogP contribution in [0.4, 0.5) is 0 Å². The van der Waals surface area contributed by atoms with Crippen LogP contribution in [0.3, 0.4) is 0 Å². The van der Waals surface area contributed by atoms with E-state index in [0.29, 0.717) is 6.10 Å². The first-order chi connectivity index (χ1) is 12.4. The predicted octanol–water partition coefficient (Wildman–Crippen LogP) is 1.93. The highest BCUT2D eigenvalue weighted by atomic mass is 16.5. The lowest BCUT2D eigenvalue weighted by molar-refractivity contribution is 0.0420. The molecule has 2 N–H and O–H groups in total. The molecule has 0 spiro atoms. The van der Waals surface area contributed by atoms with Gasteiger partial charge in [0.15, 0.2) is 5.96 Å². The van der Waals surface area contributed by atoms with Crippen molar-refractivity contribution in [2.75, 3.05) is 40.0 Å². The molecule has 1 heterocycles. The number of guanidine groups is 1. The van der Waals surface area contributed by atoms with E-state index in [1.165, 1.54) is 6.42 Å². The summed E-state index contributed by atoms with van der Waals surface area (Å²) in [4.78, 5) is 4.33. The number of hydrogen-bond acceptors (Lipinski definition) is 3. The van der Waals surface area contributed by atoms with Gasteiger partial charge in [-0.2, -0.15) is 0 Å². The van der Waals surface area contributed by atoms with Gasteiger partial charge in [0.25, 0.3) is 0 Å². The molecular formula is C20H29N3O2.